The topological polar surface area (TPSA) is 113 Å². The molecule has 8 nitrogen and oxygen atoms in total. The number of nitrogens with one attached hydrogen (secondary N) is 1. The van der Waals surface area contributed by atoms with E-state index in [4.69, 9.17) is 4.52 Å². The molecule has 28 heavy (non-hydrogen) atoms. The lowest BCUT2D eigenvalue weighted by atomic mass is 9.95. The van der Waals surface area contributed by atoms with E-state index in [-0.39, 0.29) is 11.5 Å². The first-order valence-corrected chi connectivity index (χ1v) is 9.65. The number of nitrogens with zero attached hydrogens (tertiary/aromatic N) is 2. The number of β-lactam (4-membered cyclic amide) rings is 1. The molecule has 4 rings (SSSR count). The molecule has 1 aromatic heterocycles. The predicted molar refractivity (Wildman–Crippen MR) is 102 cm³/mol. The molecule has 0 saturated carbocycles. The molecule has 1 aromatic carbocycles. The lowest BCUT2D eigenvalue weighted by Crippen LogP contribution is -2.70. The van der Waals surface area contributed by atoms with Crippen LogP contribution in [0.1, 0.15) is 30.0 Å². The van der Waals surface area contributed by atoms with E-state index in [1.165, 1.54) is 16.7 Å². The fraction of sp³-hybridized carbons (Fsp3) is 0.368. The van der Waals surface area contributed by atoms with Gasteiger partial charge in [0.15, 0.2) is 0 Å². The van der Waals surface area contributed by atoms with Crippen molar-refractivity contribution >= 4 is 29.5 Å². The van der Waals surface area contributed by atoms with Crippen molar-refractivity contribution in [3.8, 4) is 11.3 Å². The van der Waals surface area contributed by atoms with Crippen LogP contribution in [0.2, 0.25) is 0 Å². The summed E-state index contributed by atoms with van der Waals surface area (Å²) in [4.78, 5) is 38.5. The number of hydrogen-bond donors (Lipinski definition) is 2. The van der Waals surface area contributed by atoms with Gasteiger partial charge in [-0.1, -0.05) is 35.5 Å². The summed E-state index contributed by atoms with van der Waals surface area (Å²) in [5, 5.41) is 15.8. The monoisotopic (exact) mass is 401 g/mol. The van der Waals surface area contributed by atoms with E-state index >= 15 is 0 Å². The number of carbonyl (C=O) groups excluding carboxylic acids is 2. The van der Waals surface area contributed by atoms with Gasteiger partial charge in [0.05, 0.1) is 0 Å². The number of hydrogen-bond acceptors (Lipinski definition) is 6. The van der Waals surface area contributed by atoms with Gasteiger partial charge in [0.2, 0.25) is 5.91 Å². The van der Waals surface area contributed by atoms with Gasteiger partial charge in [-0.25, -0.2) is 4.79 Å². The molecule has 2 aliphatic rings. The molecular formula is C19H19N3O5S. The fourth-order valence-corrected chi connectivity index (χ4v) is 5.42. The number of aromatic nitrogens is 1. The van der Waals surface area contributed by atoms with Crippen LogP contribution in [0.15, 0.2) is 34.9 Å². The van der Waals surface area contributed by atoms with E-state index in [1.807, 2.05) is 30.3 Å². The average molecular weight is 401 g/mol. The van der Waals surface area contributed by atoms with Gasteiger partial charge in [-0.05, 0) is 20.8 Å². The highest BCUT2D eigenvalue weighted by Gasteiger charge is 2.64. The molecule has 3 atom stereocenters. The van der Waals surface area contributed by atoms with Crippen LogP contribution in [-0.4, -0.2) is 55.2 Å². The fourth-order valence-electron chi connectivity index (χ4n) is 3.79. The quantitative estimate of drug-likeness (QED) is 0.752. The Morgan fingerprint density at radius 3 is 2.61 bits per heavy atom. The minimum atomic E-state index is -1.04. The first-order valence-electron chi connectivity index (χ1n) is 8.77. The molecule has 3 heterocycles. The van der Waals surface area contributed by atoms with Crippen LogP contribution in [0.25, 0.3) is 11.3 Å². The Labute approximate surface area is 165 Å². The molecule has 0 bridgehead atoms. The van der Waals surface area contributed by atoms with Crippen molar-refractivity contribution in [2.24, 2.45) is 0 Å². The zero-order valence-electron chi connectivity index (χ0n) is 15.5. The average Bonchev–Trinajstić information content (AvgIpc) is 3.15. The van der Waals surface area contributed by atoms with E-state index in [0.717, 1.165) is 5.56 Å². The number of carbonyl (C=O) groups is 3. The molecular weight excluding hydrogens is 382 g/mol. The number of rotatable bonds is 4. The van der Waals surface area contributed by atoms with Crippen molar-refractivity contribution in [2.75, 3.05) is 0 Å². The van der Waals surface area contributed by atoms with Crippen LogP contribution in [0.4, 0.5) is 0 Å². The van der Waals surface area contributed by atoms with Crippen molar-refractivity contribution < 1.29 is 24.0 Å². The van der Waals surface area contributed by atoms with Crippen molar-refractivity contribution in [3.05, 3.63) is 41.7 Å². The summed E-state index contributed by atoms with van der Waals surface area (Å²) in [5.74, 6) is -1.55. The number of carboxylic acid groups (broad SMARTS) is 1. The minimum absolute atomic E-state index is 0.273. The number of amides is 2. The second-order valence-corrected chi connectivity index (χ2v) is 9.15. The van der Waals surface area contributed by atoms with Gasteiger partial charge in [-0.15, -0.1) is 11.8 Å². The highest BCUT2D eigenvalue weighted by molar-refractivity contribution is 8.01. The number of aliphatic carboxylic acids is 1. The Morgan fingerprint density at radius 1 is 1.29 bits per heavy atom. The number of fused-ring (bicyclic) bond motifs is 1. The third-order valence-corrected chi connectivity index (χ3v) is 6.67. The Kier molecular flexibility index (Phi) is 4.22. The Balaban J connectivity index is 1.58. The van der Waals surface area contributed by atoms with Crippen LogP contribution < -0.4 is 5.32 Å². The van der Waals surface area contributed by atoms with Crippen LogP contribution in [0.3, 0.4) is 0 Å². The second kappa shape index (κ2) is 6.37. The van der Waals surface area contributed by atoms with Crippen LogP contribution in [-0.2, 0) is 9.59 Å². The molecule has 0 aliphatic carbocycles. The normalized spacial score (nSPS) is 25.2. The van der Waals surface area contributed by atoms with Gasteiger partial charge in [0.1, 0.15) is 34.5 Å². The molecule has 2 unspecified atom stereocenters. The van der Waals surface area contributed by atoms with Gasteiger partial charge >= 0.3 is 5.97 Å². The molecule has 2 aromatic rings. The van der Waals surface area contributed by atoms with Crippen LogP contribution in [0.5, 0.6) is 0 Å². The summed E-state index contributed by atoms with van der Waals surface area (Å²) in [6, 6.07) is 7.46. The first-order chi connectivity index (χ1) is 13.2. The third-order valence-electron chi connectivity index (χ3n) is 5.10. The van der Waals surface area contributed by atoms with Crippen molar-refractivity contribution in [1.82, 2.24) is 15.4 Å². The van der Waals surface area contributed by atoms with Crippen molar-refractivity contribution in [1.29, 1.82) is 0 Å². The van der Waals surface area contributed by atoms with E-state index in [1.54, 1.807) is 20.8 Å². The smallest absolute Gasteiger partial charge is 0.327 e. The summed E-state index contributed by atoms with van der Waals surface area (Å²) in [5.41, 5.74) is 1.41. The Morgan fingerprint density at radius 2 is 1.96 bits per heavy atom. The maximum atomic E-state index is 12.9. The van der Waals surface area contributed by atoms with Crippen LogP contribution >= 0.6 is 11.8 Å². The zero-order chi connectivity index (χ0) is 20.2. The summed E-state index contributed by atoms with van der Waals surface area (Å²) < 4.78 is 4.57. The summed E-state index contributed by atoms with van der Waals surface area (Å²) in [7, 11) is 0. The molecule has 2 aliphatic heterocycles. The molecule has 0 radical (unpaired) electrons. The van der Waals surface area contributed by atoms with Gasteiger partial charge in [0, 0.05) is 10.3 Å². The van der Waals surface area contributed by atoms with Gasteiger partial charge in [-0.3, -0.25) is 9.59 Å². The number of carboxylic acids is 1. The molecule has 0 spiro atoms. The first kappa shape index (κ1) is 18.5. The highest BCUT2D eigenvalue weighted by atomic mass is 32.2. The molecule has 2 fully saturated rings. The summed E-state index contributed by atoms with van der Waals surface area (Å²) in [6.07, 6.45) is 0. The van der Waals surface area contributed by atoms with Gasteiger partial charge in [0.25, 0.3) is 5.91 Å². The van der Waals surface area contributed by atoms with E-state index in [2.05, 4.69) is 10.5 Å². The number of benzene rings is 1. The molecule has 146 valence electrons. The zero-order valence-corrected chi connectivity index (χ0v) is 16.3. The second-order valence-electron chi connectivity index (χ2n) is 7.38. The molecule has 2 amide bonds. The maximum Gasteiger partial charge on any atom is 0.327 e. The minimum Gasteiger partial charge on any atom is -0.480 e. The van der Waals surface area contributed by atoms with E-state index in [9.17, 15) is 19.5 Å². The molecule has 2 N–H and O–H groups in total. The number of aryl methyl sites for hydroxylation is 1. The summed E-state index contributed by atoms with van der Waals surface area (Å²) in [6.45, 7) is 5.22. The lowest BCUT2D eigenvalue weighted by Gasteiger charge is -2.43. The van der Waals surface area contributed by atoms with Crippen LogP contribution in [0, 0.1) is 6.92 Å². The SMILES string of the molecule is Cc1onc(-c2ccccc2)c1C(=O)NC1C(=O)N2C(C(=O)O)C(C)(C)S[C@@H]12. The third kappa shape index (κ3) is 2.69. The van der Waals surface area contributed by atoms with Gasteiger partial charge in [-0.2, -0.15) is 0 Å². The lowest BCUT2D eigenvalue weighted by molar-refractivity contribution is -0.159. The van der Waals surface area contributed by atoms with E-state index < -0.39 is 34.1 Å². The molecule has 2 saturated heterocycles. The standard InChI is InChI=1S/C19H19N3O5S/c1-9-11(12(21-27-9)10-7-5-4-6-8-10)15(23)20-13-16(24)22-14(18(25)26)19(2,3)28-17(13)22/h4-8,13-14,17H,1-3H3,(H,20,23)(H,25,26)/t13?,14?,17-/m0/s1. The van der Waals surface area contributed by atoms with Crippen molar-refractivity contribution in [2.45, 2.75) is 43.0 Å². The number of thioether (sulfide) groups is 1. The predicted octanol–water partition coefficient (Wildman–Crippen LogP) is 1.90. The summed E-state index contributed by atoms with van der Waals surface area (Å²) >= 11 is 1.38. The van der Waals surface area contributed by atoms with Gasteiger partial charge < -0.3 is 19.8 Å². The maximum absolute atomic E-state index is 12.9. The largest absolute Gasteiger partial charge is 0.480 e. The van der Waals surface area contributed by atoms with Crippen molar-refractivity contribution in [3.63, 3.8) is 0 Å². The Hall–Kier alpha value is -2.81. The highest BCUT2D eigenvalue weighted by Crippen LogP contribution is 2.50. The molecule has 9 heteroatoms. The Bertz CT molecular complexity index is 971. The van der Waals surface area contributed by atoms with E-state index in [0.29, 0.717) is 11.5 Å².